The summed E-state index contributed by atoms with van der Waals surface area (Å²) in [6.45, 7) is 43.5. The van der Waals surface area contributed by atoms with Gasteiger partial charge in [0, 0.05) is 66.6 Å². The average Bonchev–Trinajstić information content (AvgIpc) is 3.92. The van der Waals surface area contributed by atoms with Gasteiger partial charge < -0.3 is 19.1 Å². The first kappa shape index (κ1) is 55.3. The summed E-state index contributed by atoms with van der Waals surface area (Å²) in [6.07, 6.45) is 4.28. The first-order valence-corrected chi connectivity index (χ1v) is 26.8. The molecule has 0 atom stereocenters. The van der Waals surface area contributed by atoms with Gasteiger partial charge in [0.25, 0.3) is 0 Å². The fraction of sp³-hybridized carbons (Fsp3) is 0.362. The Morgan fingerprint density at radius 1 is 0.520 bits per heavy atom. The van der Waals surface area contributed by atoms with Crippen LogP contribution in [0.2, 0.25) is 0 Å². The summed E-state index contributed by atoms with van der Waals surface area (Å²) in [5.41, 5.74) is 15.9. The second-order valence-corrected chi connectivity index (χ2v) is 26.1. The van der Waals surface area contributed by atoms with Crippen LogP contribution in [-0.4, -0.2) is 9.55 Å². The summed E-state index contributed by atoms with van der Waals surface area (Å²) in [5, 5.41) is 2.27. The van der Waals surface area contributed by atoms with Crippen molar-refractivity contribution in [3.05, 3.63) is 203 Å². The van der Waals surface area contributed by atoms with Crippen LogP contribution in [0, 0.1) is 18.8 Å². The number of aromatic nitrogens is 2. The fourth-order valence-corrected chi connectivity index (χ4v) is 10.3. The van der Waals surface area contributed by atoms with Gasteiger partial charge in [0.1, 0.15) is 5.82 Å². The van der Waals surface area contributed by atoms with Crippen molar-refractivity contribution in [3.63, 3.8) is 0 Å². The zero-order valence-electron chi connectivity index (χ0n) is 47.9. The van der Waals surface area contributed by atoms with Gasteiger partial charge >= 0.3 is 0 Å². The van der Waals surface area contributed by atoms with Crippen molar-refractivity contribution in [2.45, 2.75) is 164 Å². The van der Waals surface area contributed by atoms with E-state index in [2.05, 4.69) is 285 Å². The van der Waals surface area contributed by atoms with E-state index in [1.807, 2.05) is 6.20 Å². The monoisotopic (exact) mass is 1170 g/mol. The molecule has 5 nitrogen and oxygen atoms in total. The Hall–Kier alpha value is -5.90. The molecule has 0 radical (unpaired) electrons. The van der Waals surface area contributed by atoms with Gasteiger partial charge in [-0.25, -0.2) is 4.98 Å². The Kier molecular flexibility index (Phi) is 14.9. The number of ether oxygens (including phenoxy) is 1. The number of rotatable bonds is 10. The van der Waals surface area contributed by atoms with E-state index in [1.165, 1.54) is 49.9 Å². The minimum absolute atomic E-state index is 0. The van der Waals surface area contributed by atoms with Crippen molar-refractivity contribution in [3.8, 4) is 17.3 Å². The number of anilines is 2. The van der Waals surface area contributed by atoms with Crippen LogP contribution in [0.25, 0.3) is 33.3 Å². The van der Waals surface area contributed by atoms with Crippen molar-refractivity contribution in [2.75, 3.05) is 9.80 Å². The zero-order valence-corrected chi connectivity index (χ0v) is 50.2. The molecule has 9 rings (SSSR count). The summed E-state index contributed by atoms with van der Waals surface area (Å²) < 4.78 is 9.33. The molecular weight excluding hydrogens is 1100 g/mol. The van der Waals surface area contributed by atoms with Crippen molar-refractivity contribution in [1.29, 1.82) is 0 Å². The molecule has 0 saturated carbocycles. The molecule has 1 aliphatic rings. The first-order chi connectivity index (χ1) is 34.6. The van der Waals surface area contributed by atoms with Crippen LogP contribution in [0.4, 0.5) is 11.4 Å². The number of pyridine rings is 1. The van der Waals surface area contributed by atoms with Gasteiger partial charge in [-0.1, -0.05) is 197 Å². The van der Waals surface area contributed by atoms with Crippen LogP contribution in [0.5, 0.6) is 11.5 Å². The Bertz CT molecular complexity index is 3390. The number of hydrogen-bond acceptors (Lipinski definition) is 4. The van der Waals surface area contributed by atoms with Gasteiger partial charge in [-0.05, 0) is 114 Å². The minimum Gasteiger partial charge on any atom is -0.509 e. The Morgan fingerprint density at radius 3 is 1.73 bits per heavy atom. The van der Waals surface area contributed by atoms with Crippen LogP contribution in [0.3, 0.4) is 0 Å². The Morgan fingerprint density at radius 2 is 1.12 bits per heavy atom. The van der Waals surface area contributed by atoms with Crippen LogP contribution < -0.4 is 14.5 Å². The quantitative estimate of drug-likeness (QED) is 0.128. The fourth-order valence-electron chi connectivity index (χ4n) is 10.3. The summed E-state index contributed by atoms with van der Waals surface area (Å²) in [5.74, 6) is 2.68. The second-order valence-electron chi connectivity index (χ2n) is 26.1. The molecule has 8 aromatic rings. The molecule has 0 amide bonds. The largest absolute Gasteiger partial charge is 0.509 e. The van der Waals surface area contributed by atoms with Crippen molar-refractivity contribution in [2.24, 2.45) is 0 Å². The Labute approximate surface area is 464 Å². The molecule has 394 valence electrons. The molecule has 0 fully saturated rings. The van der Waals surface area contributed by atoms with E-state index in [-0.39, 0.29) is 48.1 Å². The maximum absolute atomic E-state index is 7.07. The van der Waals surface area contributed by atoms with Crippen LogP contribution in [0.1, 0.15) is 187 Å². The van der Waals surface area contributed by atoms with Gasteiger partial charge in [-0.2, -0.15) is 6.07 Å². The van der Waals surface area contributed by atoms with Crippen LogP contribution >= 0.6 is 0 Å². The van der Waals surface area contributed by atoms with Gasteiger partial charge in [-0.3, -0.25) is 0 Å². The molecule has 0 spiro atoms. The SMILES string of the molecule is CC(C)c1cccc(C(C)C)c1C1=CN(c2cc(C(C)(C)C)cc(C(C)(C)c3ccccc3)c2)[CH-]N1c1[c-]c(Oc2[c-]c3c(cc2)c2cc(C(C)(C)C)ccc2n3-c2cc(C(C)(C)C)ccn2)cc(C(C)(C)C)c1.[Pt]. The molecule has 6 aromatic carbocycles. The number of fused-ring (bicyclic) bond motifs is 3. The summed E-state index contributed by atoms with van der Waals surface area (Å²) in [6, 6.07) is 52.5. The van der Waals surface area contributed by atoms with E-state index >= 15 is 0 Å². The minimum atomic E-state index is -0.240. The molecule has 0 N–H and O–H groups in total. The normalized spacial score (nSPS) is 13.8. The smallest absolute Gasteiger partial charge is 0.135 e. The molecule has 2 aromatic heterocycles. The predicted molar refractivity (Wildman–Crippen MR) is 314 cm³/mol. The molecule has 0 saturated heterocycles. The van der Waals surface area contributed by atoms with Crippen molar-refractivity contribution >= 4 is 38.9 Å². The molecule has 6 heteroatoms. The van der Waals surface area contributed by atoms with Crippen LogP contribution in [0.15, 0.2) is 134 Å². The standard InChI is InChI=1S/C69H79N4O.Pt/c1-44(2)56-25-22-26-57(45(3)4)64(56)62-42-71(52-34-49(67(11,12)13)33-51(36-52)69(17,18)46-23-20-19-21-24-46)43-72(62)53-35-50(68(14,15)16)37-55(40-53)74-54-28-29-58-59-38-47(65(5,6)7)27-30-60(59)73(61(58)41-54)63-39-48(31-32-70-63)66(8,9)10;/h19-39,42-45H,1-18H3;/q-3;. The molecule has 3 heterocycles. The third-order valence-electron chi connectivity index (χ3n) is 15.2. The summed E-state index contributed by atoms with van der Waals surface area (Å²) in [4.78, 5) is 9.68. The maximum Gasteiger partial charge on any atom is 0.135 e. The molecule has 1 aliphatic heterocycles. The van der Waals surface area contributed by atoms with E-state index in [4.69, 9.17) is 9.72 Å². The third kappa shape index (κ3) is 11.0. The number of nitrogens with zero attached hydrogens (tertiary/aromatic N) is 4. The van der Waals surface area contributed by atoms with Crippen molar-refractivity contribution in [1.82, 2.24) is 9.55 Å². The van der Waals surface area contributed by atoms with Crippen molar-refractivity contribution < 1.29 is 25.8 Å². The first-order valence-electron chi connectivity index (χ1n) is 26.8. The van der Waals surface area contributed by atoms with E-state index in [9.17, 15) is 0 Å². The van der Waals surface area contributed by atoms with E-state index in [0.29, 0.717) is 23.3 Å². The molecule has 0 unspecified atom stereocenters. The second kappa shape index (κ2) is 20.2. The Balaban J connectivity index is 0.00000747. The topological polar surface area (TPSA) is 33.5 Å². The van der Waals surface area contributed by atoms with E-state index < -0.39 is 0 Å². The summed E-state index contributed by atoms with van der Waals surface area (Å²) in [7, 11) is 0. The van der Waals surface area contributed by atoms with Crippen LogP contribution in [-0.2, 0) is 48.1 Å². The maximum atomic E-state index is 7.07. The van der Waals surface area contributed by atoms with Gasteiger partial charge in [0.15, 0.2) is 0 Å². The van der Waals surface area contributed by atoms with Gasteiger partial charge in [0.05, 0.1) is 0 Å². The summed E-state index contributed by atoms with van der Waals surface area (Å²) >= 11 is 0. The molecule has 0 bridgehead atoms. The van der Waals surface area contributed by atoms with Gasteiger partial charge in [0.2, 0.25) is 0 Å². The predicted octanol–water partition coefficient (Wildman–Crippen LogP) is 18.8. The average molecular weight is 1180 g/mol. The number of hydrogen-bond donors (Lipinski definition) is 0. The number of benzene rings is 6. The molecule has 0 aliphatic carbocycles. The third-order valence-corrected chi connectivity index (χ3v) is 15.2. The zero-order chi connectivity index (χ0) is 53.4. The molecular formula is C69H79N4OPt-3. The van der Waals surface area contributed by atoms with E-state index in [1.54, 1.807) is 0 Å². The van der Waals surface area contributed by atoms with Gasteiger partial charge in [-0.15, -0.1) is 53.6 Å². The van der Waals surface area contributed by atoms with E-state index in [0.717, 1.165) is 44.9 Å². The molecule has 75 heavy (non-hydrogen) atoms.